The zero-order chi connectivity index (χ0) is 13.1. The predicted octanol–water partition coefficient (Wildman–Crippen LogP) is 4.96. The lowest BCUT2D eigenvalue weighted by Crippen LogP contribution is -2.08. The molecule has 2 aromatic carbocycles. The predicted molar refractivity (Wildman–Crippen MR) is 74.6 cm³/mol. The van der Waals surface area contributed by atoms with E-state index in [1.807, 2.05) is 12.1 Å². The molecule has 2 aromatic rings. The van der Waals surface area contributed by atoms with Gasteiger partial charge < -0.3 is 5.32 Å². The van der Waals surface area contributed by atoms with Gasteiger partial charge in [0.25, 0.3) is 0 Å². The molecule has 18 heavy (non-hydrogen) atoms. The molecule has 0 saturated carbocycles. The van der Waals surface area contributed by atoms with E-state index in [4.69, 9.17) is 11.6 Å². The molecule has 0 aliphatic rings. The molecule has 1 nitrogen and oxygen atoms in total. The molecule has 2 rings (SSSR count). The highest BCUT2D eigenvalue weighted by Gasteiger charge is 2.09. The molecule has 94 valence electrons. The third-order valence-electron chi connectivity index (χ3n) is 2.96. The maximum absolute atomic E-state index is 13.0. The van der Waals surface area contributed by atoms with Gasteiger partial charge in [0.1, 0.15) is 5.82 Å². The van der Waals surface area contributed by atoms with Crippen LogP contribution in [-0.2, 0) is 0 Å². The SMILES string of the molecule is Cc1ccccc1C(C)Nc1ccc(F)cc1Cl. The second kappa shape index (κ2) is 5.40. The van der Waals surface area contributed by atoms with Crippen molar-refractivity contribution in [3.8, 4) is 0 Å². The van der Waals surface area contributed by atoms with Gasteiger partial charge in [-0.15, -0.1) is 0 Å². The van der Waals surface area contributed by atoms with Crippen molar-refractivity contribution in [2.45, 2.75) is 19.9 Å². The minimum absolute atomic E-state index is 0.120. The summed E-state index contributed by atoms with van der Waals surface area (Å²) in [5.41, 5.74) is 3.17. The van der Waals surface area contributed by atoms with Crippen molar-refractivity contribution >= 4 is 17.3 Å². The lowest BCUT2D eigenvalue weighted by molar-refractivity contribution is 0.628. The van der Waals surface area contributed by atoms with Crippen LogP contribution in [0.4, 0.5) is 10.1 Å². The van der Waals surface area contributed by atoms with E-state index in [2.05, 4.69) is 31.3 Å². The van der Waals surface area contributed by atoms with Gasteiger partial charge in [-0.05, 0) is 43.2 Å². The molecule has 1 atom stereocenters. The van der Waals surface area contributed by atoms with E-state index in [1.54, 1.807) is 6.07 Å². The molecule has 0 fully saturated rings. The van der Waals surface area contributed by atoms with Gasteiger partial charge in [0.05, 0.1) is 10.7 Å². The summed E-state index contributed by atoms with van der Waals surface area (Å²) in [7, 11) is 0. The number of aryl methyl sites for hydroxylation is 1. The molecule has 0 aromatic heterocycles. The Labute approximate surface area is 112 Å². The molecule has 0 aliphatic carbocycles. The van der Waals surface area contributed by atoms with Crippen molar-refractivity contribution in [3.05, 3.63) is 64.4 Å². The minimum atomic E-state index is -0.325. The average molecular weight is 264 g/mol. The fraction of sp³-hybridized carbons (Fsp3) is 0.200. The summed E-state index contributed by atoms with van der Waals surface area (Å²) in [6.45, 7) is 4.13. The van der Waals surface area contributed by atoms with E-state index in [-0.39, 0.29) is 11.9 Å². The summed E-state index contributed by atoms with van der Waals surface area (Å²) in [5.74, 6) is -0.325. The van der Waals surface area contributed by atoms with Gasteiger partial charge in [0.2, 0.25) is 0 Å². The lowest BCUT2D eigenvalue weighted by Gasteiger charge is -2.18. The monoisotopic (exact) mass is 263 g/mol. The zero-order valence-electron chi connectivity index (χ0n) is 10.4. The normalized spacial score (nSPS) is 12.2. The Kier molecular flexibility index (Phi) is 3.87. The van der Waals surface area contributed by atoms with Crippen molar-refractivity contribution in [3.63, 3.8) is 0 Å². The number of nitrogens with one attached hydrogen (secondary N) is 1. The van der Waals surface area contributed by atoms with Gasteiger partial charge in [0.15, 0.2) is 0 Å². The van der Waals surface area contributed by atoms with Gasteiger partial charge in [-0.1, -0.05) is 35.9 Å². The molecule has 0 saturated heterocycles. The number of anilines is 1. The smallest absolute Gasteiger partial charge is 0.124 e. The molecule has 0 spiro atoms. The van der Waals surface area contributed by atoms with Crippen LogP contribution in [0.15, 0.2) is 42.5 Å². The molecule has 0 aliphatic heterocycles. The number of halogens is 2. The van der Waals surface area contributed by atoms with Crippen LogP contribution in [-0.4, -0.2) is 0 Å². The standard InChI is InChI=1S/C15H15ClFN/c1-10-5-3-4-6-13(10)11(2)18-15-8-7-12(17)9-14(15)16/h3-9,11,18H,1-2H3. The zero-order valence-corrected chi connectivity index (χ0v) is 11.1. The molecule has 0 heterocycles. The lowest BCUT2D eigenvalue weighted by atomic mass is 10.0. The van der Waals surface area contributed by atoms with E-state index in [0.717, 1.165) is 5.69 Å². The molecule has 1 unspecified atom stereocenters. The summed E-state index contributed by atoms with van der Waals surface area (Å²) in [6, 6.07) is 12.7. The van der Waals surface area contributed by atoms with Gasteiger partial charge in [-0.2, -0.15) is 0 Å². The highest BCUT2D eigenvalue weighted by atomic mass is 35.5. The Bertz CT molecular complexity index is 554. The Morgan fingerprint density at radius 3 is 2.56 bits per heavy atom. The Hall–Kier alpha value is -1.54. The van der Waals surface area contributed by atoms with Crippen molar-refractivity contribution < 1.29 is 4.39 Å². The Morgan fingerprint density at radius 2 is 1.89 bits per heavy atom. The maximum atomic E-state index is 13.0. The van der Waals surface area contributed by atoms with Crippen LogP contribution in [0.25, 0.3) is 0 Å². The van der Waals surface area contributed by atoms with E-state index >= 15 is 0 Å². The Balaban J connectivity index is 2.21. The van der Waals surface area contributed by atoms with Crippen molar-refractivity contribution in [1.29, 1.82) is 0 Å². The minimum Gasteiger partial charge on any atom is -0.377 e. The first-order chi connectivity index (χ1) is 8.58. The summed E-state index contributed by atoms with van der Waals surface area (Å²) in [5, 5.41) is 3.69. The van der Waals surface area contributed by atoms with Crippen LogP contribution in [0.5, 0.6) is 0 Å². The van der Waals surface area contributed by atoms with Crippen LogP contribution in [0.3, 0.4) is 0 Å². The van der Waals surface area contributed by atoms with Crippen molar-refractivity contribution in [2.75, 3.05) is 5.32 Å². The highest BCUT2D eigenvalue weighted by Crippen LogP contribution is 2.27. The third kappa shape index (κ3) is 2.82. The van der Waals surface area contributed by atoms with E-state index in [1.165, 1.54) is 23.3 Å². The van der Waals surface area contributed by atoms with Crippen molar-refractivity contribution in [2.24, 2.45) is 0 Å². The number of rotatable bonds is 3. The number of hydrogen-bond acceptors (Lipinski definition) is 1. The first kappa shape index (κ1) is 12.9. The average Bonchev–Trinajstić information content (AvgIpc) is 2.33. The highest BCUT2D eigenvalue weighted by molar-refractivity contribution is 6.33. The van der Waals surface area contributed by atoms with Gasteiger partial charge in [-0.3, -0.25) is 0 Å². The van der Waals surface area contributed by atoms with Crippen LogP contribution < -0.4 is 5.32 Å². The largest absolute Gasteiger partial charge is 0.377 e. The molecule has 3 heteroatoms. The number of hydrogen-bond donors (Lipinski definition) is 1. The Morgan fingerprint density at radius 1 is 1.17 bits per heavy atom. The summed E-state index contributed by atoms with van der Waals surface area (Å²) in [6.07, 6.45) is 0. The van der Waals surface area contributed by atoms with Crippen LogP contribution >= 0.6 is 11.6 Å². The number of benzene rings is 2. The van der Waals surface area contributed by atoms with Crippen molar-refractivity contribution in [1.82, 2.24) is 0 Å². The topological polar surface area (TPSA) is 12.0 Å². The molecule has 0 amide bonds. The summed E-state index contributed by atoms with van der Waals surface area (Å²) in [4.78, 5) is 0. The second-order valence-electron chi connectivity index (χ2n) is 4.35. The molecular formula is C15H15ClFN. The van der Waals surface area contributed by atoms with Gasteiger partial charge in [0, 0.05) is 6.04 Å². The fourth-order valence-corrected chi connectivity index (χ4v) is 2.21. The second-order valence-corrected chi connectivity index (χ2v) is 4.75. The van der Waals surface area contributed by atoms with Crippen LogP contribution in [0, 0.1) is 12.7 Å². The maximum Gasteiger partial charge on any atom is 0.124 e. The van der Waals surface area contributed by atoms with Gasteiger partial charge in [-0.25, -0.2) is 4.39 Å². The summed E-state index contributed by atoms with van der Waals surface area (Å²) < 4.78 is 13.0. The van der Waals surface area contributed by atoms with E-state index in [9.17, 15) is 4.39 Å². The molecule has 1 N–H and O–H groups in total. The molecule has 0 bridgehead atoms. The van der Waals surface area contributed by atoms with E-state index < -0.39 is 0 Å². The van der Waals surface area contributed by atoms with Gasteiger partial charge >= 0.3 is 0 Å². The first-order valence-electron chi connectivity index (χ1n) is 5.85. The van der Waals surface area contributed by atoms with Crippen LogP contribution in [0.1, 0.15) is 24.1 Å². The van der Waals surface area contributed by atoms with Crippen LogP contribution in [0.2, 0.25) is 5.02 Å². The fourth-order valence-electron chi connectivity index (χ4n) is 1.99. The quantitative estimate of drug-likeness (QED) is 0.825. The third-order valence-corrected chi connectivity index (χ3v) is 3.27. The molecule has 0 radical (unpaired) electrons. The molecular weight excluding hydrogens is 249 g/mol. The van der Waals surface area contributed by atoms with E-state index in [0.29, 0.717) is 5.02 Å². The first-order valence-corrected chi connectivity index (χ1v) is 6.23. The summed E-state index contributed by atoms with van der Waals surface area (Å²) >= 11 is 6.00.